The van der Waals surface area contributed by atoms with Crippen LogP contribution < -0.4 is 10.3 Å². The Morgan fingerprint density at radius 1 is 1.30 bits per heavy atom. The maximum atomic E-state index is 12.0. The Bertz CT molecular complexity index is 680. The molecular weight excluding hydrogens is 276 g/mol. The minimum atomic E-state index is -0.269. The average molecular weight is 290 g/mol. The number of nitrogens with zero attached hydrogens (tertiary/aromatic N) is 4. The van der Waals surface area contributed by atoms with E-state index in [1.165, 1.54) is 16.4 Å². The van der Waals surface area contributed by atoms with Crippen LogP contribution in [-0.2, 0) is 0 Å². The van der Waals surface area contributed by atoms with E-state index >= 15 is 0 Å². The molecule has 0 saturated carbocycles. The molecule has 0 fully saturated rings. The Morgan fingerprint density at radius 2 is 2.00 bits per heavy atom. The predicted octanol–water partition coefficient (Wildman–Crippen LogP) is 1.56. The van der Waals surface area contributed by atoms with Gasteiger partial charge in [-0.15, -0.1) is 10.2 Å². The fourth-order valence-electron chi connectivity index (χ4n) is 1.49. The van der Waals surface area contributed by atoms with Crippen LogP contribution in [0, 0.1) is 6.92 Å². The molecule has 1 aromatic heterocycles. The summed E-state index contributed by atoms with van der Waals surface area (Å²) in [7, 11) is 1.61. The van der Waals surface area contributed by atoms with Gasteiger partial charge in [0.05, 0.1) is 13.3 Å². The molecule has 1 heterocycles. The van der Waals surface area contributed by atoms with Crippen molar-refractivity contribution in [1.29, 1.82) is 0 Å². The van der Waals surface area contributed by atoms with Gasteiger partial charge in [-0.2, -0.15) is 9.78 Å². The molecule has 0 atom stereocenters. The zero-order valence-electron chi connectivity index (χ0n) is 11.4. The highest BCUT2D eigenvalue weighted by molar-refractivity contribution is 7.98. The van der Waals surface area contributed by atoms with Gasteiger partial charge < -0.3 is 4.74 Å². The van der Waals surface area contributed by atoms with Gasteiger partial charge in [0.25, 0.3) is 5.56 Å². The molecule has 0 unspecified atom stereocenters. The Hall–Kier alpha value is -2.15. The molecule has 6 nitrogen and oxygen atoms in total. The molecule has 0 radical (unpaired) electrons. The number of ether oxygens (including phenoxy) is 1. The molecule has 0 aliphatic heterocycles. The summed E-state index contributed by atoms with van der Waals surface area (Å²) in [5.74, 6) is 0.769. The number of hydrogen-bond acceptors (Lipinski definition) is 6. The summed E-state index contributed by atoms with van der Waals surface area (Å²) < 4.78 is 6.33. The highest BCUT2D eigenvalue weighted by Crippen LogP contribution is 2.11. The monoisotopic (exact) mass is 290 g/mol. The van der Waals surface area contributed by atoms with E-state index in [4.69, 9.17) is 4.74 Å². The lowest BCUT2D eigenvalue weighted by atomic mass is 10.2. The van der Waals surface area contributed by atoms with E-state index < -0.39 is 0 Å². The van der Waals surface area contributed by atoms with Crippen molar-refractivity contribution >= 4 is 18.0 Å². The van der Waals surface area contributed by atoms with Gasteiger partial charge in [-0.1, -0.05) is 11.8 Å². The highest BCUT2D eigenvalue weighted by Gasteiger charge is 2.06. The van der Waals surface area contributed by atoms with E-state index in [1.807, 2.05) is 30.5 Å². The van der Waals surface area contributed by atoms with Gasteiger partial charge in [-0.25, -0.2) is 0 Å². The second kappa shape index (κ2) is 6.33. The van der Waals surface area contributed by atoms with Crippen molar-refractivity contribution in [2.75, 3.05) is 13.4 Å². The molecule has 20 heavy (non-hydrogen) atoms. The molecule has 1 aromatic carbocycles. The fourth-order valence-corrected chi connectivity index (χ4v) is 1.91. The van der Waals surface area contributed by atoms with E-state index in [9.17, 15) is 4.79 Å². The van der Waals surface area contributed by atoms with Crippen molar-refractivity contribution in [2.45, 2.75) is 12.1 Å². The van der Waals surface area contributed by atoms with Crippen LogP contribution in [0.5, 0.6) is 5.75 Å². The van der Waals surface area contributed by atoms with E-state index in [2.05, 4.69) is 15.3 Å². The zero-order valence-corrected chi connectivity index (χ0v) is 12.2. The molecule has 2 rings (SSSR count). The van der Waals surface area contributed by atoms with Crippen molar-refractivity contribution in [1.82, 2.24) is 14.9 Å². The molecule has 0 N–H and O–H groups in total. The number of benzene rings is 1. The summed E-state index contributed by atoms with van der Waals surface area (Å²) in [5, 5.41) is 12.4. The molecule has 0 aliphatic rings. The molecule has 0 spiro atoms. The van der Waals surface area contributed by atoms with Crippen LogP contribution in [0.25, 0.3) is 0 Å². The minimum absolute atomic E-state index is 0.269. The summed E-state index contributed by atoms with van der Waals surface area (Å²) >= 11 is 1.32. The zero-order chi connectivity index (χ0) is 14.5. The summed E-state index contributed by atoms with van der Waals surface area (Å²) in [6.07, 6.45) is 3.42. The first-order valence-electron chi connectivity index (χ1n) is 5.84. The van der Waals surface area contributed by atoms with E-state index in [0.29, 0.717) is 10.9 Å². The van der Waals surface area contributed by atoms with Gasteiger partial charge in [0, 0.05) is 0 Å². The molecular formula is C13H14N4O2S. The predicted molar refractivity (Wildman–Crippen MR) is 78.8 cm³/mol. The van der Waals surface area contributed by atoms with Gasteiger partial charge in [-0.3, -0.25) is 4.79 Å². The lowest BCUT2D eigenvalue weighted by Gasteiger charge is -2.03. The van der Waals surface area contributed by atoms with Gasteiger partial charge in [0.15, 0.2) is 0 Å². The van der Waals surface area contributed by atoms with Crippen molar-refractivity contribution in [3.05, 3.63) is 45.9 Å². The highest BCUT2D eigenvalue weighted by atomic mass is 32.2. The van der Waals surface area contributed by atoms with Gasteiger partial charge in [-0.05, 0) is 43.0 Å². The van der Waals surface area contributed by atoms with Crippen LogP contribution in [-0.4, -0.2) is 34.5 Å². The van der Waals surface area contributed by atoms with Crippen molar-refractivity contribution in [3.63, 3.8) is 0 Å². The van der Waals surface area contributed by atoms with Crippen LogP contribution >= 0.6 is 11.8 Å². The maximum absolute atomic E-state index is 12.0. The standard InChI is InChI=1S/C13H14N4O2S/c1-9-12(18)17(13(20-3)16-15-9)14-8-10-4-6-11(19-2)7-5-10/h4-8H,1-3H3. The van der Waals surface area contributed by atoms with Crippen LogP contribution in [0.4, 0.5) is 0 Å². The first kappa shape index (κ1) is 14.3. The Labute approximate surface area is 120 Å². The molecule has 2 aromatic rings. The summed E-state index contributed by atoms with van der Waals surface area (Å²) in [5.41, 5.74) is 0.906. The summed E-state index contributed by atoms with van der Waals surface area (Å²) in [6.45, 7) is 1.61. The number of hydrogen-bond donors (Lipinski definition) is 0. The molecule has 0 saturated heterocycles. The first-order valence-corrected chi connectivity index (χ1v) is 7.07. The summed E-state index contributed by atoms with van der Waals surface area (Å²) in [6, 6.07) is 7.37. The van der Waals surface area contributed by atoms with Crippen molar-refractivity contribution < 1.29 is 4.74 Å². The minimum Gasteiger partial charge on any atom is -0.497 e. The van der Waals surface area contributed by atoms with E-state index in [1.54, 1.807) is 20.2 Å². The Balaban J connectivity index is 2.35. The van der Waals surface area contributed by atoms with Crippen molar-refractivity contribution in [2.24, 2.45) is 5.10 Å². The van der Waals surface area contributed by atoms with Crippen LogP contribution in [0.2, 0.25) is 0 Å². The van der Waals surface area contributed by atoms with Crippen molar-refractivity contribution in [3.8, 4) is 5.75 Å². The SMILES string of the molecule is COc1ccc(C=Nn2c(SC)nnc(C)c2=O)cc1. The lowest BCUT2D eigenvalue weighted by Crippen LogP contribution is -2.23. The smallest absolute Gasteiger partial charge is 0.296 e. The van der Waals surface area contributed by atoms with Gasteiger partial charge in [0.2, 0.25) is 5.16 Å². The largest absolute Gasteiger partial charge is 0.497 e. The number of aromatic nitrogens is 3. The quantitative estimate of drug-likeness (QED) is 0.631. The van der Waals surface area contributed by atoms with Crippen LogP contribution in [0.15, 0.2) is 39.3 Å². The number of rotatable bonds is 4. The normalized spacial score (nSPS) is 10.9. The Kier molecular flexibility index (Phi) is 4.52. The second-order valence-electron chi connectivity index (χ2n) is 3.91. The van der Waals surface area contributed by atoms with Crippen LogP contribution in [0.1, 0.15) is 11.3 Å². The number of thioether (sulfide) groups is 1. The number of methoxy groups -OCH3 is 1. The maximum Gasteiger partial charge on any atom is 0.296 e. The fraction of sp³-hybridized carbons (Fsp3) is 0.231. The molecule has 0 aliphatic carbocycles. The third-order valence-electron chi connectivity index (χ3n) is 2.59. The van der Waals surface area contributed by atoms with E-state index in [0.717, 1.165) is 11.3 Å². The third-order valence-corrected chi connectivity index (χ3v) is 3.21. The van der Waals surface area contributed by atoms with E-state index in [-0.39, 0.29) is 5.56 Å². The second-order valence-corrected chi connectivity index (χ2v) is 4.68. The number of aryl methyl sites for hydroxylation is 1. The Morgan fingerprint density at radius 3 is 2.60 bits per heavy atom. The lowest BCUT2D eigenvalue weighted by molar-refractivity contribution is 0.415. The molecule has 7 heteroatoms. The third kappa shape index (κ3) is 3.05. The average Bonchev–Trinajstić information content (AvgIpc) is 2.49. The molecule has 0 bridgehead atoms. The molecule has 0 amide bonds. The van der Waals surface area contributed by atoms with Gasteiger partial charge in [0.1, 0.15) is 11.4 Å². The summed E-state index contributed by atoms with van der Waals surface area (Å²) in [4.78, 5) is 12.0. The van der Waals surface area contributed by atoms with Crippen LogP contribution in [0.3, 0.4) is 0 Å². The topological polar surface area (TPSA) is 69.4 Å². The van der Waals surface area contributed by atoms with Gasteiger partial charge >= 0.3 is 0 Å². The first-order chi connectivity index (χ1) is 9.65. The molecule has 104 valence electrons.